The van der Waals surface area contributed by atoms with Crippen molar-refractivity contribution in [3.63, 3.8) is 0 Å². The highest BCUT2D eigenvalue weighted by atomic mass is 35.5. The van der Waals surface area contributed by atoms with Gasteiger partial charge in [-0.15, -0.1) is 0 Å². The minimum absolute atomic E-state index is 0.0827. The van der Waals surface area contributed by atoms with Gasteiger partial charge in [0.2, 0.25) is 5.91 Å². The number of alkyl halides is 3. The molecule has 5 rings (SSSR count). The van der Waals surface area contributed by atoms with E-state index in [0.717, 1.165) is 22.5 Å². The van der Waals surface area contributed by atoms with Crippen LogP contribution in [0.1, 0.15) is 30.5 Å². The zero-order valence-corrected chi connectivity index (χ0v) is 23.7. The van der Waals surface area contributed by atoms with Gasteiger partial charge in [0.25, 0.3) is 10.0 Å². The van der Waals surface area contributed by atoms with E-state index in [1.165, 1.54) is 19.1 Å². The molecule has 1 atom stereocenters. The molecule has 3 aromatic carbocycles. The Morgan fingerprint density at radius 3 is 2.39 bits per heavy atom. The first-order valence-corrected chi connectivity index (χ1v) is 14.6. The smallest absolute Gasteiger partial charge is 0.361 e. The van der Waals surface area contributed by atoms with Gasteiger partial charge in [-0.3, -0.25) is 9.10 Å². The maximum atomic E-state index is 14.5. The molecule has 0 unspecified atom stereocenters. The molecule has 3 aromatic rings. The maximum absolute atomic E-state index is 14.5. The SMILES string of the molecule is CC(=O)N1CCN2c3ccc(/C=C(\C)c4c(F)cccc4Cl)cc3N(S(=O)(=O)c3cccc(C(F)(F)F)c3)C[C@@H]2C1. The first-order valence-electron chi connectivity index (χ1n) is 12.8. The molecule has 1 saturated heterocycles. The fourth-order valence-corrected chi connectivity index (χ4v) is 7.23. The Labute approximate surface area is 240 Å². The molecule has 0 N–H and O–H groups in total. The zero-order chi connectivity index (χ0) is 29.7. The number of piperazine rings is 1. The summed E-state index contributed by atoms with van der Waals surface area (Å²) in [5.74, 6) is -0.658. The number of amides is 1. The number of nitrogens with zero attached hydrogens (tertiary/aromatic N) is 3. The van der Waals surface area contributed by atoms with Crippen molar-refractivity contribution in [1.29, 1.82) is 0 Å². The lowest BCUT2D eigenvalue weighted by Crippen LogP contribution is -2.61. The minimum Gasteiger partial charge on any atom is -0.361 e. The van der Waals surface area contributed by atoms with Crippen molar-refractivity contribution in [3.8, 4) is 0 Å². The van der Waals surface area contributed by atoms with E-state index < -0.39 is 38.5 Å². The summed E-state index contributed by atoms with van der Waals surface area (Å²) in [5.41, 5.74) is 1.03. The lowest BCUT2D eigenvalue weighted by Gasteiger charge is -2.49. The molecule has 41 heavy (non-hydrogen) atoms. The van der Waals surface area contributed by atoms with Crippen LogP contribution in [0.15, 0.2) is 65.6 Å². The number of carbonyl (C=O) groups excluding carboxylic acids is 1. The molecule has 6 nitrogen and oxygen atoms in total. The van der Waals surface area contributed by atoms with E-state index in [1.807, 2.05) is 4.90 Å². The largest absolute Gasteiger partial charge is 0.416 e. The second kappa shape index (κ2) is 10.7. The van der Waals surface area contributed by atoms with Crippen LogP contribution in [0.4, 0.5) is 28.9 Å². The summed E-state index contributed by atoms with van der Waals surface area (Å²) in [7, 11) is -4.46. The van der Waals surface area contributed by atoms with Crippen molar-refractivity contribution in [2.45, 2.75) is 31.0 Å². The molecule has 1 amide bonds. The summed E-state index contributed by atoms with van der Waals surface area (Å²) >= 11 is 6.23. The number of sulfonamides is 1. The van der Waals surface area contributed by atoms with Crippen LogP contribution in [0.5, 0.6) is 0 Å². The van der Waals surface area contributed by atoms with Gasteiger partial charge in [-0.2, -0.15) is 13.2 Å². The normalized spacial score (nSPS) is 17.8. The molecule has 1 fully saturated rings. The first-order chi connectivity index (χ1) is 19.3. The fraction of sp³-hybridized carbons (Fsp3) is 0.276. The molecule has 0 aliphatic carbocycles. The third-order valence-corrected chi connectivity index (χ3v) is 9.46. The Hall–Kier alpha value is -3.57. The van der Waals surface area contributed by atoms with Gasteiger partial charge in [0.1, 0.15) is 5.82 Å². The summed E-state index contributed by atoms with van der Waals surface area (Å²) in [4.78, 5) is 15.2. The molecule has 0 radical (unpaired) electrons. The summed E-state index contributed by atoms with van der Waals surface area (Å²) in [6, 6.07) is 12.7. The second-order valence-electron chi connectivity index (χ2n) is 10.0. The summed E-state index contributed by atoms with van der Waals surface area (Å²) in [6.07, 6.45) is -3.06. The molecule has 0 saturated carbocycles. The number of halogens is 5. The Kier molecular flexibility index (Phi) is 7.54. The van der Waals surface area contributed by atoms with Gasteiger partial charge in [-0.05, 0) is 60.5 Å². The topological polar surface area (TPSA) is 60.9 Å². The highest BCUT2D eigenvalue weighted by molar-refractivity contribution is 7.92. The molecule has 12 heteroatoms. The average molecular weight is 608 g/mol. The van der Waals surface area contributed by atoms with Crippen LogP contribution in [-0.2, 0) is 21.0 Å². The van der Waals surface area contributed by atoms with Gasteiger partial charge in [0, 0.05) is 32.1 Å². The Balaban J connectivity index is 1.63. The predicted molar refractivity (Wildman–Crippen MR) is 151 cm³/mol. The minimum atomic E-state index is -4.73. The number of fused-ring (bicyclic) bond motifs is 3. The lowest BCUT2D eigenvalue weighted by atomic mass is 10.0. The highest BCUT2D eigenvalue weighted by Gasteiger charge is 2.41. The number of rotatable bonds is 4. The first kappa shape index (κ1) is 28.9. The summed E-state index contributed by atoms with van der Waals surface area (Å²) < 4.78 is 83.9. The van der Waals surface area contributed by atoms with Crippen LogP contribution in [-0.4, -0.2) is 51.4 Å². The molecule has 0 bridgehead atoms. The monoisotopic (exact) mass is 607 g/mol. The van der Waals surface area contributed by atoms with E-state index in [-0.39, 0.29) is 35.3 Å². The van der Waals surface area contributed by atoms with Gasteiger partial charge < -0.3 is 9.80 Å². The van der Waals surface area contributed by atoms with Gasteiger partial charge in [-0.25, -0.2) is 12.8 Å². The van der Waals surface area contributed by atoms with Gasteiger partial charge in [0.05, 0.1) is 39.4 Å². The van der Waals surface area contributed by atoms with E-state index in [9.17, 15) is 30.8 Å². The highest BCUT2D eigenvalue weighted by Crippen LogP contribution is 2.42. The molecule has 2 aliphatic heterocycles. The van der Waals surface area contributed by atoms with Crippen LogP contribution in [0, 0.1) is 5.82 Å². The van der Waals surface area contributed by atoms with Crippen LogP contribution in [0.2, 0.25) is 5.02 Å². The molecule has 216 valence electrons. The molecule has 2 heterocycles. The molecule has 0 spiro atoms. The standard InChI is InChI=1S/C29H26ClF4N3O3S/c1-18(28-24(30)7-4-8-25(28)31)13-20-9-10-26-27(14-20)37(17-22-16-35(19(2)38)11-12-36(22)26)41(39,40)23-6-3-5-21(15-23)29(32,33)34/h3-10,13-15,22H,11-12,16-17H2,1-2H3/b18-13+/t22-/m0/s1. The number of hydrogen-bond donors (Lipinski definition) is 0. The molecule has 0 aromatic heterocycles. The van der Waals surface area contributed by atoms with Crippen molar-refractivity contribution >= 4 is 50.6 Å². The van der Waals surface area contributed by atoms with Crippen molar-refractivity contribution < 1.29 is 30.8 Å². The summed E-state index contributed by atoms with van der Waals surface area (Å²) in [6.45, 7) is 4.19. The molecule has 2 aliphatic rings. The van der Waals surface area contributed by atoms with E-state index in [1.54, 1.807) is 42.2 Å². The number of carbonyl (C=O) groups is 1. The number of benzene rings is 3. The number of hydrogen-bond acceptors (Lipinski definition) is 4. The lowest BCUT2D eigenvalue weighted by molar-refractivity contribution is -0.137. The zero-order valence-electron chi connectivity index (χ0n) is 22.1. The maximum Gasteiger partial charge on any atom is 0.416 e. The molecular weight excluding hydrogens is 582 g/mol. The van der Waals surface area contributed by atoms with Crippen LogP contribution in [0.25, 0.3) is 11.6 Å². The van der Waals surface area contributed by atoms with Gasteiger partial charge in [0.15, 0.2) is 0 Å². The Bertz CT molecular complexity index is 1640. The summed E-state index contributed by atoms with van der Waals surface area (Å²) in [5, 5.41) is 0.219. The number of allylic oxidation sites excluding steroid dienone is 1. The van der Waals surface area contributed by atoms with Crippen LogP contribution in [0.3, 0.4) is 0 Å². The van der Waals surface area contributed by atoms with Crippen molar-refractivity contribution in [2.24, 2.45) is 0 Å². The third kappa shape index (κ3) is 5.52. The van der Waals surface area contributed by atoms with E-state index in [4.69, 9.17) is 11.6 Å². The fourth-order valence-electron chi connectivity index (χ4n) is 5.36. The van der Waals surface area contributed by atoms with Gasteiger partial charge in [-0.1, -0.05) is 35.9 Å². The Morgan fingerprint density at radius 1 is 0.976 bits per heavy atom. The number of anilines is 2. The predicted octanol–water partition coefficient (Wildman–Crippen LogP) is 6.30. The van der Waals surface area contributed by atoms with Crippen molar-refractivity contribution in [1.82, 2.24) is 4.90 Å². The van der Waals surface area contributed by atoms with E-state index >= 15 is 0 Å². The van der Waals surface area contributed by atoms with Crippen LogP contribution < -0.4 is 9.21 Å². The van der Waals surface area contributed by atoms with Crippen molar-refractivity contribution in [2.75, 3.05) is 35.4 Å². The van der Waals surface area contributed by atoms with Crippen LogP contribution >= 0.6 is 11.6 Å². The van der Waals surface area contributed by atoms with Gasteiger partial charge >= 0.3 is 6.18 Å². The molecular formula is C29H26ClF4N3O3S. The average Bonchev–Trinajstić information content (AvgIpc) is 2.91. The van der Waals surface area contributed by atoms with E-state index in [0.29, 0.717) is 36.0 Å². The second-order valence-corrected chi connectivity index (χ2v) is 12.3. The van der Waals surface area contributed by atoms with E-state index in [2.05, 4.69) is 0 Å². The third-order valence-electron chi connectivity index (χ3n) is 7.37. The Morgan fingerprint density at radius 2 is 1.71 bits per heavy atom. The van der Waals surface area contributed by atoms with Crippen molar-refractivity contribution in [3.05, 3.63) is 88.2 Å². The quantitative estimate of drug-likeness (QED) is 0.258.